The maximum absolute atomic E-state index is 13.0. The van der Waals surface area contributed by atoms with Gasteiger partial charge in [-0.2, -0.15) is 4.98 Å². The van der Waals surface area contributed by atoms with Crippen LogP contribution in [0.3, 0.4) is 0 Å². The van der Waals surface area contributed by atoms with E-state index in [4.69, 9.17) is 4.74 Å². The van der Waals surface area contributed by atoms with Crippen molar-refractivity contribution in [2.45, 2.75) is 45.9 Å². The van der Waals surface area contributed by atoms with Crippen molar-refractivity contribution in [1.29, 1.82) is 0 Å². The fourth-order valence-corrected chi connectivity index (χ4v) is 5.12. The molecule has 234 valence electrons. The second-order valence-corrected chi connectivity index (χ2v) is 10.7. The number of esters is 2. The number of alkyl carbamates (subject to hydrolysis) is 1. The van der Waals surface area contributed by atoms with Crippen molar-refractivity contribution < 1.29 is 28.7 Å². The van der Waals surface area contributed by atoms with Gasteiger partial charge in [0.25, 0.3) is 0 Å². The van der Waals surface area contributed by atoms with Gasteiger partial charge >= 0.3 is 23.7 Å². The molecule has 0 unspecified atom stereocenters. The fourth-order valence-electron chi connectivity index (χ4n) is 5.12. The summed E-state index contributed by atoms with van der Waals surface area (Å²) in [4.78, 5) is 76.2. The number of aryl methyl sites for hydroxylation is 1. The molecule has 0 saturated carbocycles. The lowest BCUT2D eigenvalue weighted by atomic mass is 9.96. The number of rotatable bonds is 9. The highest BCUT2D eigenvalue weighted by atomic mass is 16.6. The predicted octanol–water partition coefficient (Wildman–Crippen LogP) is 2.67. The number of piperidine rings is 1. The summed E-state index contributed by atoms with van der Waals surface area (Å²) in [5, 5.41) is 5.24. The molecule has 1 saturated heterocycles. The third kappa shape index (κ3) is 7.90. The summed E-state index contributed by atoms with van der Waals surface area (Å²) in [5.41, 5.74) is 2.31. The number of benzene rings is 2. The van der Waals surface area contributed by atoms with Crippen molar-refractivity contribution in [3.05, 3.63) is 82.4 Å². The van der Waals surface area contributed by atoms with Crippen molar-refractivity contribution in [1.82, 2.24) is 24.8 Å². The summed E-state index contributed by atoms with van der Waals surface area (Å²) in [5.74, 6) is -1.42. The van der Waals surface area contributed by atoms with Crippen LogP contribution in [0.15, 0.2) is 65.6 Å². The number of H-pyrrole nitrogens is 1. The summed E-state index contributed by atoms with van der Waals surface area (Å²) < 4.78 is 11.0. The molecule has 45 heavy (non-hydrogen) atoms. The van der Waals surface area contributed by atoms with Crippen LogP contribution in [0.2, 0.25) is 0 Å². The average Bonchev–Trinajstić information content (AvgIpc) is 3.44. The second kappa shape index (κ2) is 13.8. The average molecular weight is 616 g/mol. The molecule has 2 aromatic heterocycles. The van der Waals surface area contributed by atoms with Crippen LogP contribution in [-0.4, -0.2) is 62.6 Å². The molecule has 1 aliphatic heterocycles. The number of imidazole rings is 1. The Hall–Kier alpha value is -5.53. The van der Waals surface area contributed by atoms with Crippen LogP contribution in [0.1, 0.15) is 30.9 Å². The zero-order chi connectivity index (χ0) is 31.9. The van der Waals surface area contributed by atoms with Crippen LogP contribution >= 0.6 is 0 Å². The molecule has 3 heterocycles. The molecule has 3 N–H and O–H groups in total. The molecule has 14 heteroatoms. The highest BCUT2D eigenvalue weighted by molar-refractivity contribution is 5.93. The van der Waals surface area contributed by atoms with E-state index >= 15 is 0 Å². The van der Waals surface area contributed by atoms with E-state index in [2.05, 4.69) is 30.3 Å². The van der Waals surface area contributed by atoms with Gasteiger partial charge in [0.05, 0.1) is 17.6 Å². The minimum absolute atomic E-state index is 0.0469. The lowest BCUT2D eigenvalue weighted by Gasteiger charge is -2.32. The number of nitrogens with one attached hydrogen (secondary N) is 3. The topological polar surface area (TPSA) is 178 Å². The molecule has 0 bridgehead atoms. The molecule has 0 spiro atoms. The van der Waals surface area contributed by atoms with E-state index in [1.807, 2.05) is 35.2 Å². The van der Waals surface area contributed by atoms with E-state index in [0.29, 0.717) is 43.3 Å². The molecule has 1 aliphatic rings. The van der Waals surface area contributed by atoms with Crippen molar-refractivity contribution in [2.75, 3.05) is 23.3 Å². The maximum atomic E-state index is 13.0. The smallest absolute Gasteiger partial charge is 0.408 e. The van der Waals surface area contributed by atoms with Gasteiger partial charge in [-0.25, -0.2) is 19.4 Å². The highest BCUT2D eigenvalue weighted by Crippen LogP contribution is 2.25. The van der Waals surface area contributed by atoms with Crippen molar-refractivity contribution >= 4 is 46.7 Å². The largest absolute Gasteiger partial charge is 0.445 e. The van der Waals surface area contributed by atoms with Gasteiger partial charge in [0.15, 0.2) is 0 Å². The molecule has 14 nitrogen and oxygen atoms in total. The fraction of sp³-hybridized carbons (Fsp3) is 0.323. The van der Waals surface area contributed by atoms with Crippen LogP contribution in [0, 0.1) is 12.8 Å². The molecule has 0 aliphatic carbocycles. The van der Waals surface area contributed by atoms with Crippen molar-refractivity contribution in [3.8, 4) is 0 Å². The summed E-state index contributed by atoms with van der Waals surface area (Å²) in [6.45, 7) is 3.43. The molecule has 1 atom stereocenters. The summed E-state index contributed by atoms with van der Waals surface area (Å²) in [7, 11) is 0. The normalized spacial score (nSPS) is 14.0. The number of carbonyl (C=O) groups excluding carboxylic acids is 4. The van der Waals surface area contributed by atoms with Crippen LogP contribution < -0.4 is 21.2 Å². The van der Waals surface area contributed by atoms with Gasteiger partial charge in [-0.1, -0.05) is 42.5 Å². The number of nitrogens with zero attached hydrogens (tertiary/aromatic N) is 4. The SMILES string of the molecule is CC(=O)OC(=O)[C@H](Cn1cc(C)c(N2CCC(C(=O)Nc3nc4ccccc4[nH]3)CC2)nc1=O)NC(=O)OCc1ccccc1. The number of aromatic amines is 1. The Morgan fingerprint density at radius 3 is 2.44 bits per heavy atom. The van der Waals surface area contributed by atoms with Gasteiger partial charge < -0.3 is 24.7 Å². The zero-order valence-electron chi connectivity index (χ0n) is 24.8. The van der Waals surface area contributed by atoms with E-state index in [1.54, 1.807) is 31.2 Å². The molecule has 2 amide bonds. The zero-order valence-corrected chi connectivity index (χ0v) is 24.8. The maximum Gasteiger partial charge on any atom is 0.408 e. The number of para-hydroxylation sites is 2. The first kappa shape index (κ1) is 30.9. The minimum Gasteiger partial charge on any atom is -0.445 e. The Balaban J connectivity index is 1.20. The Bertz CT molecular complexity index is 1730. The van der Waals surface area contributed by atoms with Gasteiger partial charge in [0, 0.05) is 37.7 Å². The Kier molecular flexibility index (Phi) is 9.51. The number of ether oxygens (including phenoxy) is 2. The number of hydrogen-bond acceptors (Lipinski definition) is 10. The summed E-state index contributed by atoms with van der Waals surface area (Å²) >= 11 is 0. The number of hydrogen-bond donors (Lipinski definition) is 3. The summed E-state index contributed by atoms with van der Waals surface area (Å²) in [6.07, 6.45) is 1.69. The van der Waals surface area contributed by atoms with E-state index in [-0.39, 0.29) is 25.0 Å². The molecule has 1 fully saturated rings. The number of amides is 2. The quantitative estimate of drug-likeness (QED) is 0.187. The van der Waals surface area contributed by atoms with Gasteiger partial charge in [-0.15, -0.1) is 0 Å². The summed E-state index contributed by atoms with van der Waals surface area (Å²) in [6, 6.07) is 15.0. The predicted molar refractivity (Wildman–Crippen MR) is 163 cm³/mol. The van der Waals surface area contributed by atoms with Crippen molar-refractivity contribution in [2.24, 2.45) is 5.92 Å². The Morgan fingerprint density at radius 2 is 1.73 bits per heavy atom. The number of carbonyl (C=O) groups is 4. The van der Waals surface area contributed by atoms with Gasteiger partial charge in [-0.3, -0.25) is 19.5 Å². The van der Waals surface area contributed by atoms with Gasteiger partial charge in [0.2, 0.25) is 11.9 Å². The monoisotopic (exact) mass is 615 g/mol. The lowest BCUT2D eigenvalue weighted by Crippen LogP contribution is -2.47. The number of anilines is 2. The second-order valence-electron chi connectivity index (χ2n) is 10.7. The first-order chi connectivity index (χ1) is 21.7. The lowest BCUT2D eigenvalue weighted by molar-refractivity contribution is -0.159. The Labute approximate surface area is 257 Å². The number of fused-ring (bicyclic) bond motifs is 1. The third-order valence-corrected chi connectivity index (χ3v) is 7.36. The van der Waals surface area contributed by atoms with Crippen LogP contribution in [0.25, 0.3) is 11.0 Å². The van der Waals surface area contributed by atoms with E-state index in [0.717, 1.165) is 28.1 Å². The van der Waals surface area contributed by atoms with E-state index in [9.17, 15) is 24.0 Å². The third-order valence-electron chi connectivity index (χ3n) is 7.36. The molecular formula is C31H33N7O7. The first-order valence-electron chi connectivity index (χ1n) is 14.4. The van der Waals surface area contributed by atoms with Gasteiger partial charge in [0.1, 0.15) is 18.5 Å². The van der Waals surface area contributed by atoms with E-state index < -0.39 is 29.8 Å². The van der Waals surface area contributed by atoms with Crippen LogP contribution in [0.5, 0.6) is 0 Å². The molecule has 4 aromatic rings. The highest BCUT2D eigenvalue weighted by Gasteiger charge is 2.29. The number of aromatic nitrogens is 4. The van der Waals surface area contributed by atoms with Gasteiger partial charge in [-0.05, 0) is 37.5 Å². The van der Waals surface area contributed by atoms with Crippen molar-refractivity contribution in [3.63, 3.8) is 0 Å². The molecule has 0 radical (unpaired) electrons. The first-order valence-corrected chi connectivity index (χ1v) is 14.4. The molecule has 2 aromatic carbocycles. The molecule has 5 rings (SSSR count). The minimum atomic E-state index is -1.40. The van der Waals surface area contributed by atoms with Crippen LogP contribution in [-0.2, 0) is 37.0 Å². The molecular weight excluding hydrogens is 582 g/mol. The standard InChI is InChI=1S/C31H33N7O7/c1-19-16-38(17-25(28(41)45-20(2)39)34-31(43)44-18-21-8-4-3-5-9-21)30(42)35-26(19)37-14-12-22(13-15-37)27(40)36-29-32-23-10-6-7-11-24(23)33-29/h3-11,16,22,25H,12-15,17-18H2,1-2H3,(H,34,43)(H2,32,33,36,40)/t25-/m0/s1. The Morgan fingerprint density at radius 1 is 1.02 bits per heavy atom. The van der Waals surface area contributed by atoms with Crippen LogP contribution in [0.4, 0.5) is 16.6 Å². The van der Waals surface area contributed by atoms with E-state index in [1.165, 1.54) is 6.20 Å².